The van der Waals surface area contributed by atoms with E-state index in [1.54, 1.807) is 10.9 Å². The van der Waals surface area contributed by atoms with Crippen LogP contribution < -0.4 is 5.73 Å². The number of nitrogen functional groups attached to an aromatic ring is 1. The van der Waals surface area contributed by atoms with Crippen molar-refractivity contribution in [3.05, 3.63) is 35.5 Å². The molecule has 0 aliphatic carbocycles. The van der Waals surface area contributed by atoms with Crippen molar-refractivity contribution < 1.29 is 8.42 Å². The molecule has 0 bridgehead atoms. The van der Waals surface area contributed by atoms with E-state index in [1.165, 1.54) is 0 Å². The van der Waals surface area contributed by atoms with Gasteiger partial charge < -0.3 is 5.73 Å². The van der Waals surface area contributed by atoms with Crippen LogP contribution in [0.2, 0.25) is 0 Å². The summed E-state index contributed by atoms with van der Waals surface area (Å²) in [6.45, 7) is 4.05. The summed E-state index contributed by atoms with van der Waals surface area (Å²) in [5, 5.41) is 4.56. The number of nitrogens with zero attached hydrogens (tertiary/aromatic N) is 2. The highest BCUT2D eigenvalue weighted by atomic mass is 32.2. The van der Waals surface area contributed by atoms with Crippen LogP contribution >= 0.6 is 0 Å². The van der Waals surface area contributed by atoms with Gasteiger partial charge in [-0.05, 0) is 31.9 Å². The van der Waals surface area contributed by atoms with E-state index in [0.717, 1.165) is 22.4 Å². The first-order valence-corrected chi connectivity index (χ1v) is 8.80. The lowest BCUT2D eigenvalue weighted by Gasteiger charge is -2.08. The predicted molar refractivity (Wildman–Crippen MR) is 83.9 cm³/mol. The summed E-state index contributed by atoms with van der Waals surface area (Å²) >= 11 is 0. The molecule has 1 aliphatic heterocycles. The number of anilines is 1. The van der Waals surface area contributed by atoms with Crippen molar-refractivity contribution in [2.24, 2.45) is 0 Å². The molecule has 1 aromatic carbocycles. The number of sulfone groups is 1. The molecule has 2 N–H and O–H groups in total. The number of hydrogen-bond donors (Lipinski definition) is 1. The maximum Gasteiger partial charge on any atom is 0.152 e. The average molecular weight is 305 g/mol. The van der Waals surface area contributed by atoms with Crippen molar-refractivity contribution in [2.45, 2.75) is 26.3 Å². The number of benzene rings is 1. The summed E-state index contributed by atoms with van der Waals surface area (Å²) in [7, 11) is -2.93. The Balaban J connectivity index is 2.01. The van der Waals surface area contributed by atoms with Crippen molar-refractivity contribution >= 4 is 15.5 Å². The van der Waals surface area contributed by atoms with Gasteiger partial charge in [0.05, 0.1) is 23.2 Å². The first kappa shape index (κ1) is 14.1. The fourth-order valence-corrected chi connectivity index (χ4v) is 4.48. The normalized spacial score (nSPS) is 20.8. The summed E-state index contributed by atoms with van der Waals surface area (Å²) in [4.78, 5) is 0. The first-order chi connectivity index (χ1) is 9.85. The highest BCUT2D eigenvalue weighted by Crippen LogP contribution is 2.31. The van der Waals surface area contributed by atoms with Crippen LogP contribution in [0.5, 0.6) is 0 Å². The van der Waals surface area contributed by atoms with Crippen LogP contribution in [-0.2, 0) is 9.84 Å². The lowest BCUT2D eigenvalue weighted by atomic mass is 10.0. The molecule has 2 heterocycles. The average Bonchev–Trinajstić information content (AvgIpc) is 2.95. The molecule has 0 radical (unpaired) electrons. The Morgan fingerprint density at radius 2 is 2.10 bits per heavy atom. The minimum atomic E-state index is -2.93. The highest BCUT2D eigenvalue weighted by molar-refractivity contribution is 7.91. The molecule has 5 nitrogen and oxygen atoms in total. The molecular weight excluding hydrogens is 286 g/mol. The third kappa shape index (κ3) is 2.68. The van der Waals surface area contributed by atoms with Gasteiger partial charge in [0.25, 0.3) is 0 Å². The zero-order valence-electron chi connectivity index (χ0n) is 12.2. The topological polar surface area (TPSA) is 78.0 Å². The Labute approximate surface area is 124 Å². The molecule has 1 fully saturated rings. The molecule has 1 saturated heterocycles. The van der Waals surface area contributed by atoms with Crippen molar-refractivity contribution in [3.63, 3.8) is 0 Å². The Hall–Kier alpha value is -1.82. The van der Waals surface area contributed by atoms with E-state index in [9.17, 15) is 8.42 Å². The fraction of sp³-hybridized carbons (Fsp3) is 0.400. The minimum Gasteiger partial charge on any atom is -0.396 e. The third-order valence-electron chi connectivity index (χ3n) is 3.99. The van der Waals surface area contributed by atoms with Crippen molar-refractivity contribution in [3.8, 4) is 11.3 Å². The van der Waals surface area contributed by atoms with Crippen LogP contribution in [0.1, 0.15) is 23.6 Å². The number of rotatable bonds is 2. The monoisotopic (exact) mass is 305 g/mol. The zero-order chi connectivity index (χ0) is 15.2. The molecule has 1 unspecified atom stereocenters. The standard InChI is InChI=1S/C15H19N3O2S/c1-10-3-4-11(2)13(7-10)15-14(16)8-18(17-15)12-5-6-21(19,20)9-12/h3-4,7-8,12H,5-6,9,16H2,1-2H3. The minimum absolute atomic E-state index is 0.101. The Morgan fingerprint density at radius 3 is 2.76 bits per heavy atom. The summed E-state index contributed by atoms with van der Waals surface area (Å²) in [5.74, 6) is 0.386. The van der Waals surface area contributed by atoms with Crippen molar-refractivity contribution in [1.29, 1.82) is 0 Å². The van der Waals surface area contributed by atoms with E-state index in [4.69, 9.17) is 5.73 Å². The maximum atomic E-state index is 11.6. The second kappa shape index (κ2) is 4.87. The molecule has 0 saturated carbocycles. The molecule has 21 heavy (non-hydrogen) atoms. The SMILES string of the molecule is Cc1ccc(C)c(-c2nn(C3CCS(=O)(=O)C3)cc2N)c1. The molecule has 0 amide bonds. The fourth-order valence-electron chi connectivity index (χ4n) is 2.78. The summed E-state index contributed by atoms with van der Waals surface area (Å²) in [5.41, 5.74) is 10.7. The molecule has 1 aliphatic rings. The number of nitrogens with two attached hydrogens (primary N) is 1. The van der Waals surface area contributed by atoms with Crippen LogP contribution in [0, 0.1) is 13.8 Å². The Kier molecular flexibility index (Phi) is 3.28. The molecular formula is C15H19N3O2S. The third-order valence-corrected chi connectivity index (χ3v) is 5.74. The van der Waals surface area contributed by atoms with E-state index < -0.39 is 9.84 Å². The quantitative estimate of drug-likeness (QED) is 0.921. The van der Waals surface area contributed by atoms with Crippen LogP contribution in [0.15, 0.2) is 24.4 Å². The van der Waals surface area contributed by atoms with Crippen molar-refractivity contribution in [2.75, 3.05) is 17.2 Å². The van der Waals surface area contributed by atoms with E-state index in [2.05, 4.69) is 17.2 Å². The van der Waals surface area contributed by atoms with E-state index in [-0.39, 0.29) is 17.5 Å². The van der Waals surface area contributed by atoms with Gasteiger partial charge in [-0.2, -0.15) is 5.10 Å². The molecule has 2 aromatic rings. The van der Waals surface area contributed by atoms with Crippen LogP contribution in [0.3, 0.4) is 0 Å². The Morgan fingerprint density at radius 1 is 1.33 bits per heavy atom. The number of aromatic nitrogens is 2. The van der Waals surface area contributed by atoms with Gasteiger partial charge in [-0.3, -0.25) is 4.68 Å². The molecule has 112 valence electrons. The maximum absolute atomic E-state index is 11.6. The van der Waals surface area contributed by atoms with Crippen LogP contribution in [0.4, 0.5) is 5.69 Å². The summed E-state index contributed by atoms with van der Waals surface area (Å²) < 4.78 is 24.9. The smallest absolute Gasteiger partial charge is 0.152 e. The van der Waals surface area contributed by atoms with Gasteiger partial charge >= 0.3 is 0 Å². The number of aryl methyl sites for hydroxylation is 2. The largest absolute Gasteiger partial charge is 0.396 e. The van der Waals surface area contributed by atoms with E-state index >= 15 is 0 Å². The molecule has 3 rings (SSSR count). The molecule has 1 aromatic heterocycles. The first-order valence-electron chi connectivity index (χ1n) is 6.98. The molecule has 6 heteroatoms. The second-order valence-electron chi connectivity index (χ2n) is 5.79. The van der Waals surface area contributed by atoms with Crippen LogP contribution in [0.25, 0.3) is 11.3 Å². The second-order valence-corrected chi connectivity index (χ2v) is 8.02. The van der Waals surface area contributed by atoms with E-state index in [1.807, 2.05) is 19.9 Å². The van der Waals surface area contributed by atoms with Crippen molar-refractivity contribution in [1.82, 2.24) is 9.78 Å². The predicted octanol–water partition coefficient (Wildman–Crippen LogP) is 2.11. The Bertz CT molecular complexity index is 793. The summed E-state index contributed by atoms with van der Waals surface area (Å²) in [6, 6.07) is 6.05. The van der Waals surface area contributed by atoms with Gasteiger partial charge in [-0.1, -0.05) is 17.7 Å². The van der Waals surface area contributed by atoms with Crippen LogP contribution in [-0.4, -0.2) is 29.7 Å². The highest BCUT2D eigenvalue weighted by Gasteiger charge is 2.30. The van der Waals surface area contributed by atoms with Gasteiger partial charge in [0.15, 0.2) is 9.84 Å². The lowest BCUT2D eigenvalue weighted by molar-refractivity contribution is 0.501. The van der Waals surface area contributed by atoms with Gasteiger partial charge in [0.2, 0.25) is 0 Å². The van der Waals surface area contributed by atoms with Gasteiger partial charge in [0.1, 0.15) is 5.69 Å². The van der Waals surface area contributed by atoms with Gasteiger partial charge in [0, 0.05) is 11.8 Å². The molecule has 1 atom stereocenters. The number of hydrogen-bond acceptors (Lipinski definition) is 4. The summed E-state index contributed by atoms with van der Waals surface area (Å²) in [6.07, 6.45) is 2.36. The van der Waals surface area contributed by atoms with Gasteiger partial charge in [-0.15, -0.1) is 0 Å². The lowest BCUT2D eigenvalue weighted by Crippen LogP contribution is -2.11. The zero-order valence-corrected chi connectivity index (χ0v) is 13.0. The van der Waals surface area contributed by atoms with E-state index in [0.29, 0.717) is 12.1 Å². The molecule has 0 spiro atoms. The van der Waals surface area contributed by atoms with Gasteiger partial charge in [-0.25, -0.2) is 8.42 Å².